The molecule has 1 fully saturated rings. The molecule has 0 amide bonds. The SMILES string of the molecule is CC(C)CCCCOc1ccc(CN2CCN(SS)CC2)cc1. The van der Waals surface area contributed by atoms with Crippen LogP contribution in [0, 0.1) is 5.92 Å². The van der Waals surface area contributed by atoms with Crippen LogP contribution in [0.5, 0.6) is 5.75 Å². The fourth-order valence-corrected chi connectivity index (χ4v) is 3.58. The Kier molecular flexibility index (Phi) is 8.66. The fourth-order valence-electron chi connectivity index (χ4n) is 2.76. The zero-order valence-electron chi connectivity index (χ0n) is 14.4. The lowest BCUT2D eigenvalue weighted by atomic mass is 10.1. The maximum absolute atomic E-state index is 5.83. The van der Waals surface area contributed by atoms with E-state index in [4.69, 9.17) is 4.74 Å². The van der Waals surface area contributed by atoms with E-state index >= 15 is 0 Å². The molecule has 3 nitrogen and oxygen atoms in total. The molecule has 5 heteroatoms. The van der Waals surface area contributed by atoms with E-state index in [-0.39, 0.29) is 0 Å². The molecule has 2 rings (SSSR count). The van der Waals surface area contributed by atoms with Crippen molar-refractivity contribution in [1.29, 1.82) is 0 Å². The highest BCUT2D eigenvalue weighted by atomic mass is 33.1. The first-order valence-electron chi connectivity index (χ1n) is 8.68. The van der Waals surface area contributed by atoms with Crippen LogP contribution in [0.4, 0.5) is 0 Å². The average molecular weight is 355 g/mol. The molecule has 1 heterocycles. The van der Waals surface area contributed by atoms with Crippen LogP contribution >= 0.6 is 22.6 Å². The van der Waals surface area contributed by atoms with Gasteiger partial charge in [-0.2, -0.15) is 0 Å². The molecule has 1 saturated heterocycles. The van der Waals surface area contributed by atoms with Crippen molar-refractivity contribution in [2.45, 2.75) is 39.7 Å². The van der Waals surface area contributed by atoms with Gasteiger partial charge in [0, 0.05) is 32.7 Å². The molecule has 0 N–H and O–H groups in total. The van der Waals surface area contributed by atoms with Crippen LogP contribution in [-0.2, 0) is 6.54 Å². The number of hydrogen-bond acceptors (Lipinski definition) is 5. The summed E-state index contributed by atoms with van der Waals surface area (Å²) in [5.41, 5.74) is 1.36. The summed E-state index contributed by atoms with van der Waals surface area (Å²) in [7, 11) is 1.55. The highest BCUT2D eigenvalue weighted by Crippen LogP contribution is 2.19. The molecule has 1 aliphatic rings. The first-order chi connectivity index (χ1) is 11.2. The van der Waals surface area contributed by atoms with Crippen molar-refractivity contribution in [3.8, 4) is 5.75 Å². The van der Waals surface area contributed by atoms with Gasteiger partial charge in [0.25, 0.3) is 0 Å². The lowest BCUT2D eigenvalue weighted by Crippen LogP contribution is -2.42. The molecule has 1 aromatic rings. The van der Waals surface area contributed by atoms with E-state index in [0.29, 0.717) is 0 Å². The number of rotatable bonds is 9. The smallest absolute Gasteiger partial charge is 0.119 e. The van der Waals surface area contributed by atoms with Crippen LogP contribution in [0.3, 0.4) is 0 Å². The lowest BCUT2D eigenvalue weighted by molar-refractivity contribution is 0.190. The fraction of sp³-hybridized carbons (Fsp3) is 0.667. The van der Waals surface area contributed by atoms with E-state index < -0.39 is 0 Å². The summed E-state index contributed by atoms with van der Waals surface area (Å²) in [5, 5.41) is 0. The van der Waals surface area contributed by atoms with Crippen LogP contribution in [0.15, 0.2) is 24.3 Å². The van der Waals surface area contributed by atoms with Crippen LogP contribution in [0.25, 0.3) is 0 Å². The van der Waals surface area contributed by atoms with E-state index in [0.717, 1.165) is 57.4 Å². The Morgan fingerprint density at radius 3 is 2.39 bits per heavy atom. The van der Waals surface area contributed by atoms with Gasteiger partial charge in [-0.05, 0) is 47.4 Å². The molecule has 0 unspecified atom stereocenters. The molecule has 0 radical (unpaired) electrons. The molecule has 0 spiro atoms. The summed E-state index contributed by atoms with van der Waals surface area (Å²) in [4.78, 5) is 2.50. The number of piperazine rings is 1. The molecule has 0 aromatic heterocycles. The van der Waals surface area contributed by atoms with Gasteiger partial charge in [-0.3, -0.25) is 4.90 Å². The van der Waals surface area contributed by atoms with Gasteiger partial charge < -0.3 is 4.74 Å². The third-order valence-electron chi connectivity index (χ3n) is 4.22. The zero-order chi connectivity index (χ0) is 16.5. The number of benzene rings is 1. The van der Waals surface area contributed by atoms with Crippen molar-refractivity contribution in [2.75, 3.05) is 32.8 Å². The third kappa shape index (κ3) is 7.38. The molecular formula is C18H30N2OS2. The second-order valence-corrected chi connectivity index (χ2v) is 7.84. The zero-order valence-corrected chi connectivity index (χ0v) is 16.1. The Morgan fingerprint density at radius 2 is 1.78 bits per heavy atom. The van der Waals surface area contributed by atoms with Crippen LogP contribution in [0.2, 0.25) is 0 Å². The minimum absolute atomic E-state index is 0.794. The van der Waals surface area contributed by atoms with Crippen molar-refractivity contribution in [3.63, 3.8) is 0 Å². The van der Waals surface area contributed by atoms with Crippen molar-refractivity contribution in [3.05, 3.63) is 29.8 Å². The Balaban J connectivity index is 1.66. The van der Waals surface area contributed by atoms with Gasteiger partial charge in [0.2, 0.25) is 0 Å². The van der Waals surface area contributed by atoms with E-state index in [1.54, 1.807) is 11.0 Å². The normalized spacial score (nSPS) is 16.9. The number of thiol groups is 1. The maximum Gasteiger partial charge on any atom is 0.119 e. The highest BCUT2D eigenvalue weighted by Gasteiger charge is 2.16. The highest BCUT2D eigenvalue weighted by molar-refractivity contribution is 8.67. The van der Waals surface area contributed by atoms with Crippen molar-refractivity contribution in [2.24, 2.45) is 5.92 Å². The largest absolute Gasteiger partial charge is 0.494 e. The minimum Gasteiger partial charge on any atom is -0.494 e. The summed E-state index contributed by atoms with van der Waals surface area (Å²) in [6.45, 7) is 10.8. The molecule has 0 aliphatic carbocycles. The van der Waals surface area contributed by atoms with E-state index in [1.807, 2.05) is 0 Å². The van der Waals surface area contributed by atoms with Gasteiger partial charge in [-0.1, -0.05) is 44.1 Å². The predicted octanol–water partition coefficient (Wildman–Crippen LogP) is 4.50. The van der Waals surface area contributed by atoms with Gasteiger partial charge in [-0.15, -0.1) is 0 Å². The predicted molar refractivity (Wildman–Crippen MR) is 104 cm³/mol. The Bertz CT molecular complexity index is 431. The average Bonchev–Trinajstić information content (AvgIpc) is 2.56. The Labute approximate surface area is 150 Å². The number of ether oxygens (including phenoxy) is 1. The quantitative estimate of drug-likeness (QED) is 0.304. The van der Waals surface area contributed by atoms with Crippen molar-refractivity contribution < 1.29 is 4.74 Å². The lowest BCUT2D eigenvalue weighted by Gasteiger charge is -2.32. The summed E-state index contributed by atoms with van der Waals surface area (Å²) >= 11 is 4.26. The molecule has 130 valence electrons. The summed E-state index contributed by atoms with van der Waals surface area (Å²) in [6.07, 6.45) is 3.70. The molecule has 0 saturated carbocycles. The molecule has 23 heavy (non-hydrogen) atoms. The van der Waals surface area contributed by atoms with Gasteiger partial charge in [0.1, 0.15) is 5.75 Å². The molecule has 0 atom stereocenters. The number of nitrogens with zero attached hydrogens (tertiary/aromatic N) is 2. The molecule has 1 aliphatic heterocycles. The summed E-state index contributed by atoms with van der Waals surface area (Å²) < 4.78 is 8.13. The third-order valence-corrected chi connectivity index (χ3v) is 5.51. The van der Waals surface area contributed by atoms with Gasteiger partial charge in [-0.25, -0.2) is 4.31 Å². The summed E-state index contributed by atoms with van der Waals surface area (Å²) in [6, 6.07) is 8.61. The minimum atomic E-state index is 0.794. The first kappa shape index (κ1) is 19.0. The Morgan fingerprint density at radius 1 is 1.09 bits per heavy atom. The van der Waals surface area contributed by atoms with Crippen LogP contribution in [0.1, 0.15) is 38.7 Å². The number of unbranched alkanes of at least 4 members (excludes halogenated alkanes) is 1. The van der Waals surface area contributed by atoms with Crippen molar-refractivity contribution in [1.82, 2.24) is 9.21 Å². The van der Waals surface area contributed by atoms with Crippen LogP contribution < -0.4 is 4.74 Å². The molecule has 0 bridgehead atoms. The molecular weight excluding hydrogens is 324 g/mol. The number of hydrogen-bond donors (Lipinski definition) is 1. The van der Waals surface area contributed by atoms with E-state index in [9.17, 15) is 0 Å². The summed E-state index contributed by atoms with van der Waals surface area (Å²) in [5.74, 6) is 1.79. The topological polar surface area (TPSA) is 15.7 Å². The maximum atomic E-state index is 5.83. The standard InChI is InChI=1S/C18H30N2OS2/c1-16(2)5-3-4-14-21-18-8-6-17(7-9-18)15-19-10-12-20(23-22)13-11-19/h6-9,16,22H,3-5,10-15H2,1-2H3. The van der Waals surface area contributed by atoms with Gasteiger partial charge in [0.05, 0.1) is 6.61 Å². The Hall–Kier alpha value is -0.360. The second kappa shape index (κ2) is 10.5. The van der Waals surface area contributed by atoms with E-state index in [1.165, 1.54) is 18.4 Å². The van der Waals surface area contributed by atoms with Gasteiger partial charge >= 0.3 is 0 Å². The first-order valence-corrected chi connectivity index (χ1v) is 10.5. The second-order valence-electron chi connectivity index (χ2n) is 6.67. The van der Waals surface area contributed by atoms with Crippen molar-refractivity contribution >= 4 is 22.6 Å². The monoisotopic (exact) mass is 354 g/mol. The van der Waals surface area contributed by atoms with Crippen LogP contribution in [-0.4, -0.2) is 42.0 Å². The van der Waals surface area contributed by atoms with Gasteiger partial charge in [0.15, 0.2) is 0 Å². The molecule has 1 aromatic carbocycles. The van der Waals surface area contributed by atoms with E-state index in [2.05, 4.69) is 59.0 Å².